The van der Waals surface area contributed by atoms with E-state index >= 15 is 0 Å². The predicted molar refractivity (Wildman–Crippen MR) is 99.2 cm³/mol. The van der Waals surface area contributed by atoms with Crippen molar-refractivity contribution in [1.29, 1.82) is 0 Å². The van der Waals surface area contributed by atoms with E-state index in [4.69, 9.17) is 4.74 Å². The first-order valence-corrected chi connectivity index (χ1v) is 9.70. The Balaban J connectivity index is 2.30. The van der Waals surface area contributed by atoms with Gasteiger partial charge in [0.25, 0.3) is 0 Å². The number of nitrogens with one attached hydrogen (secondary N) is 1. The van der Waals surface area contributed by atoms with E-state index in [-0.39, 0.29) is 24.0 Å². The van der Waals surface area contributed by atoms with Crippen LogP contribution in [0.5, 0.6) is 0 Å². The van der Waals surface area contributed by atoms with Crippen molar-refractivity contribution in [2.24, 2.45) is 0 Å². The lowest BCUT2D eigenvalue weighted by molar-refractivity contribution is -0.143. The van der Waals surface area contributed by atoms with Gasteiger partial charge in [-0.3, -0.25) is 14.6 Å². The summed E-state index contributed by atoms with van der Waals surface area (Å²) in [5.41, 5.74) is 0.975. The Labute approximate surface area is 158 Å². The van der Waals surface area contributed by atoms with Crippen LogP contribution in [0.3, 0.4) is 0 Å². The van der Waals surface area contributed by atoms with Crippen LogP contribution in [0.15, 0.2) is 53.6 Å². The number of aromatic nitrogens is 1. The van der Waals surface area contributed by atoms with Crippen molar-refractivity contribution < 1.29 is 22.7 Å². The molecule has 1 aromatic heterocycles. The topological polar surface area (TPSA) is 106 Å². The van der Waals surface area contributed by atoms with E-state index in [1.807, 2.05) is 0 Å². The molecule has 0 aliphatic carbocycles. The second-order valence-electron chi connectivity index (χ2n) is 5.60. The Morgan fingerprint density at radius 2 is 1.85 bits per heavy atom. The van der Waals surface area contributed by atoms with Crippen molar-refractivity contribution >= 4 is 27.6 Å². The first-order valence-electron chi connectivity index (χ1n) is 8.26. The average molecular weight is 391 g/mol. The zero-order valence-electron chi connectivity index (χ0n) is 15.1. The Morgan fingerprint density at radius 3 is 2.41 bits per heavy atom. The third kappa shape index (κ3) is 5.87. The van der Waals surface area contributed by atoms with Crippen LogP contribution in [0, 0.1) is 0 Å². The molecule has 0 aliphatic rings. The summed E-state index contributed by atoms with van der Waals surface area (Å²) < 4.78 is 31.9. The fourth-order valence-corrected chi connectivity index (χ4v) is 3.67. The van der Waals surface area contributed by atoms with Gasteiger partial charge in [-0.25, -0.2) is 8.42 Å². The summed E-state index contributed by atoms with van der Waals surface area (Å²) in [5, 5.41) is 2.57. The standard InChI is InChI=1S/C18H21N3O5S/c1-3-26-18(23)13-21(12-16-6-4-5-11-19-16)27(24,25)17-9-7-15(8-10-17)20-14(2)22/h4-11H,3,12-13H2,1-2H3,(H,20,22). The number of sulfonamides is 1. The number of anilines is 1. The normalized spacial score (nSPS) is 11.2. The zero-order valence-corrected chi connectivity index (χ0v) is 15.9. The van der Waals surface area contributed by atoms with Crippen LogP contribution in [0.1, 0.15) is 19.5 Å². The molecule has 2 rings (SSSR count). The number of rotatable bonds is 8. The summed E-state index contributed by atoms with van der Waals surface area (Å²) in [6.07, 6.45) is 1.55. The molecule has 2 aromatic rings. The molecule has 0 atom stereocenters. The SMILES string of the molecule is CCOC(=O)CN(Cc1ccccn1)S(=O)(=O)c1ccc(NC(C)=O)cc1. The van der Waals surface area contributed by atoms with Crippen LogP contribution in [0.4, 0.5) is 5.69 Å². The zero-order chi connectivity index (χ0) is 19.9. The van der Waals surface area contributed by atoms with Gasteiger partial charge in [-0.1, -0.05) is 6.07 Å². The van der Waals surface area contributed by atoms with Gasteiger partial charge < -0.3 is 10.1 Å². The van der Waals surface area contributed by atoms with Gasteiger partial charge in [0.05, 0.1) is 23.7 Å². The van der Waals surface area contributed by atoms with Crippen molar-refractivity contribution in [1.82, 2.24) is 9.29 Å². The van der Waals surface area contributed by atoms with E-state index in [1.54, 1.807) is 31.3 Å². The number of hydrogen-bond donors (Lipinski definition) is 1. The van der Waals surface area contributed by atoms with Gasteiger partial charge in [-0.15, -0.1) is 0 Å². The number of carbonyl (C=O) groups excluding carboxylic acids is 2. The Morgan fingerprint density at radius 1 is 1.15 bits per heavy atom. The van der Waals surface area contributed by atoms with Crippen molar-refractivity contribution in [2.45, 2.75) is 25.3 Å². The molecule has 1 N–H and O–H groups in total. The molecule has 144 valence electrons. The summed E-state index contributed by atoms with van der Waals surface area (Å²) >= 11 is 0. The lowest BCUT2D eigenvalue weighted by atomic mass is 10.3. The van der Waals surface area contributed by atoms with Crippen LogP contribution >= 0.6 is 0 Å². The molecule has 0 fully saturated rings. The largest absolute Gasteiger partial charge is 0.465 e. The third-order valence-corrected chi connectivity index (χ3v) is 5.29. The molecule has 8 nitrogen and oxygen atoms in total. The first kappa shape index (κ1) is 20.5. The molecule has 0 radical (unpaired) electrons. The molecule has 0 spiro atoms. The molecule has 0 aliphatic heterocycles. The molecule has 1 heterocycles. The van der Waals surface area contributed by atoms with E-state index in [9.17, 15) is 18.0 Å². The van der Waals surface area contributed by atoms with Crippen molar-refractivity contribution in [3.8, 4) is 0 Å². The van der Waals surface area contributed by atoms with E-state index in [1.165, 1.54) is 31.2 Å². The van der Waals surface area contributed by atoms with Crippen molar-refractivity contribution in [3.63, 3.8) is 0 Å². The van der Waals surface area contributed by atoms with Gasteiger partial charge in [-0.05, 0) is 43.3 Å². The number of amides is 1. The van der Waals surface area contributed by atoms with Crippen molar-refractivity contribution in [3.05, 3.63) is 54.4 Å². The predicted octanol–water partition coefficient (Wildman–Crippen LogP) is 1.79. The van der Waals surface area contributed by atoms with Gasteiger partial charge in [0.1, 0.15) is 6.54 Å². The number of nitrogens with zero attached hydrogens (tertiary/aromatic N) is 2. The molecular weight excluding hydrogens is 370 g/mol. The molecule has 0 bridgehead atoms. The molecule has 27 heavy (non-hydrogen) atoms. The highest BCUT2D eigenvalue weighted by Crippen LogP contribution is 2.20. The van der Waals surface area contributed by atoms with Gasteiger partial charge in [0, 0.05) is 18.8 Å². The van der Waals surface area contributed by atoms with E-state index in [0.717, 1.165) is 4.31 Å². The summed E-state index contributed by atoms with van der Waals surface area (Å²) in [4.78, 5) is 27.1. The lowest BCUT2D eigenvalue weighted by Gasteiger charge is -2.21. The Bertz CT molecular complexity index is 883. The van der Waals surface area contributed by atoms with Crippen molar-refractivity contribution in [2.75, 3.05) is 18.5 Å². The number of pyridine rings is 1. The van der Waals surface area contributed by atoms with E-state index in [0.29, 0.717) is 11.4 Å². The second-order valence-corrected chi connectivity index (χ2v) is 7.54. The van der Waals surface area contributed by atoms with Gasteiger partial charge in [0.15, 0.2) is 0 Å². The van der Waals surface area contributed by atoms with E-state index in [2.05, 4.69) is 10.3 Å². The highest BCUT2D eigenvalue weighted by molar-refractivity contribution is 7.89. The maximum atomic E-state index is 13.0. The molecular formula is C18H21N3O5S. The number of hydrogen-bond acceptors (Lipinski definition) is 6. The van der Waals surface area contributed by atoms with Crippen LogP contribution in [-0.2, 0) is 30.9 Å². The quantitative estimate of drug-likeness (QED) is 0.688. The summed E-state index contributed by atoms with van der Waals surface area (Å²) in [6, 6.07) is 10.8. The molecule has 0 saturated heterocycles. The number of benzene rings is 1. The monoisotopic (exact) mass is 391 g/mol. The number of esters is 1. The molecule has 1 amide bonds. The minimum absolute atomic E-state index is 0.00293. The highest BCUT2D eigenvalue weighted by atomic mass is 32.2. The van der Waals surface area contributed by atoms with Gasteiger partial charge >= 0.3 is 5.97 Å². The molecule has 0 unspecified atom stereocenters. The molecule has 9 heteroatoms. The summed E-state index contributed by atoms with van der Waals surface area (Å²) in [5.74, 6) is -0.906. The lowest BCUT2D eigenvalue weighted by Crippen LogP contribution is -2.36. The minimum atomic E-state index is -3.98. The Kier molecular flexibility index (Phi) is 7.03. The van der Waals surface area contributed by atoms with Gasteiger partial charge in [0.2, 0.25) is 15.9 Å². The summed E-state index contributed by atoms with van der Waals surface area (Å²) in [7, 11) is -3.98. The maximum Gasteiger partial charge on any atom is 0.321 e. The highest BCUT2D eigenvalue weighted by Gasteiger charge is 2.27. The minimum Gasteiger partial charge on any atom is -0.465 e. The van der Waals surface area contributed by atoms with Crippen LogP contribution in [0.25, 0.3) is 0 Å². The Hall–Kier alpha value is -2.78. The number of ether oxygens (including phenoxy) is 1. The molecule has 0 saturated carbocycles. The van der Waals surface area contributed by atoms with Crippen LogP contribution in [0.2, 0.25) is 0 Å². The second kappa shape index (κ2) is 9.24. The molecule has 1 aromatic carbocycles. The maximum absolute atomic E-state index is 13.0. The summed E-state index contributed by atoms with van der Waals surface area (Å²) in [6.45, 7) is 2.66. The third-order valence-electron chi connectivity index (χ3n) is 3.49. The van der Waals surface area contributed by atoms with Gasteiger partial charge in [-0.2, -0.15) is 4.31 Å². The van der Waals surface area contributed by atoms with Crippen LogP contribution in [-0.4, -0.2) is 42.7 Å². The number of carbonyl (C=O) groups is 2. The fraction of sp³-hybridized carbons (Fsp3) is 0.278. The smallest absolute Gasteiger partial charge is 0.321 e. The first-order chi connectivity index (χ1) is 12.8. The van der Waals surface area contributed by atoms with E-state index < -0.39 is 22.5 Å². The fourth-order valence-electron chi connectivity index (χ4n) is 2.31. The van der Waals surface area contributed by atoms with Crippen LogP contribution < -0.4 is 5.32 Å². The average Bonchev–Trinajstić information content (AvgIpc) is 2.62.